The predicted molar refractivity (Wildman–Crippen MR) is 57.7 cm³/mol. The lowest BCUT2D eigenvalue weighted by molar-refractivity contribution is -0.118. The van der Waals surface area contributed by atoms with Crippen LogP contribution in [0, 0.1) is 0 Å². The number of nitrogens with one attached hydrogen (secondary N) is 1. The monoisotopic (exact) mass is 247 g/mol. The molecule has 0 aromatic heterocycles. The highest BCUT2D eigenvalue weighted by Gasteiger charge is 2.37. The molecule has 0 saturated heterocycles. The molecule has 0 fully saturated rings. The normalized spacial score (nSPS) is 21.3. The van der Waals surface area contributed by atoms with Gasteiger partial charge < -0.3 is 0 Å². The van der Waals surface area contributed by atoms with Crippen molar-refractivity contribution in [1.82, 2.24) is 9.62 Å². The molecule has 8 heteroatoms. The Kier molecular flexibility index (Phi) is 3.76. The standard InChI is InChI=1S/C8H13N3O4S/c1-3-11(4-2)16(14,15)6-5-9-8(13)10-7(6)12/h5-6H,3-4H2,1-2H3,(H,10,12,13). The molecule has 0 aromatic rings. The Morgan fingerprint density at radius 1 is 1.38 bits per heavy atom. The van der Waals surface area contributed by atoms with E-state index in [0.29, 0.717) is 0 Å². The van der Waals surface area contributed by atoms with Crippen LogP contribution in [-0.2, 0) is 14.8 Å². The van der Waals surface area contributed by atoms with Crippen molar-refractivity contribution >= 4 is 28.2 Å². The van der Waals surface area contributed by atoms with E-state index in [-0.39, 0.29) is 13.1 Å². The highest BCUT2D eigenvalue weighted by molar-refractivity contribution is 7.91. The summed E-state index contributed by atoms with van der Waals surface area (Å²) >= 11 is 0. The summed E-state index contributed by atoms with van der Waals surface area (Å²) in [7, 11) is -3.78. The molecule has 16 heavy (non-hydrogen) atoms. The van der Waals surface area contributed by atoms with Crippen LogP contribution in [-0.4, -0.2) is 49.2 Å². The van der Waals surface area contributed by atoms with Gasteiger partial charge >= 0.3 is 6.03 Å². The third kappa shape index (κ3) is 2.27. The lowest BCUT2D eigenvalue weighted by Crippen LogP contribution is -2.51. The Morgan fingerprint density at radius 2 is 1.94 bits per heavy atom. The minimum absolute atomic E-state index is 0.268. The van der Waals surface area contributed by atoms with Crippen LogP contribution in [0.4, 0.5) is 4.79 Å². The molecule has 0 bridgehead atoms. The number of nitrogens with zero attached hydrogens (tertiary/aromatic N) is 2. The van der Waals surface area contributed by atoms with Crippen molar-refractivity contribution in [2.75, 3.05) is 13.1 Å². The SMILES string of the molecule is CCN(CC)S(=O)(=O)C1C=NC(=O)NC1=O. The molecule has 1 unspecified atom stereocenters. The van der Waals surface area contributed by atoms with E-state index in [1.807, 2.05) is 5.32 Å². The number of hydrogen-bond acceptors (Lipinski definition) is 4. The summed E-state index contributed by atoms with van der Waals surface area (Å²) in [6.45, 7) is 3.88. The third-order valence-electron chi connectivity index (χ3n) is 2.20. The van der Waals surface area contributed by atoms with Crippen LogP contribution < -0.4 is 5.32 Å². The second-order valence-electron chi connectivity index (χ2n) is 3.12. The van der Waals surface area contributed by atoms with E-state index in [4.69, 9.17) is 0 Å². The molecule has 1 aliphatic heterocycles. The third-order valence-corrected chi connectivity index (χ3v) is 4.42. The second kappa shape index (κ2) is 4.71. The van der Waals surface area contributed by atoms with Crippen LogP contribution in [0.1, 0.15) is 13.8 Å². The smallest absolute Gasteiger partial charge is 0.275 e. The van der Waals surface area contributed by atoms with E-state index in [0.717, 1.165) is 10.5 Å². The van der Waals surface area contributed by atoms with E-state index >= 15 is 0 Å². The summed E-state index contributed by atoms with van der Waals surface area (Å²) in [6.07, 6.45) is 0.870. The van der Waals surface area contributed by atoms with Gasteiger partial charge in [0.2, 0.25) is 10.0 Å². The van der Waals surface area contributed by atoms with Crippen LogP contribution in [0.25, 0.3) is 0 Å². The maximum atomic E-state index is 11.9. The summed E-state index contributed by atoms with van der Waals surface area (Å²) in [6, 6.07) is -0.837. The van der Waals surface area contributed by atoms with E-state index < -0.39 is 27.2 Å². The molecule has 0 saturated carbocycles. The number of aliphatic imine (C=N–C) groups is 1. The molecular weight excluding hydrogens is 234 g/mol. The quantitative estimate of drug-likeness (QED) is 0.713. The number of sulfonamides is 1. The topological polar surface area (TPSA) is 95.9 Å². The van der Waals surface area contributed by atoms with Crippen molar-refractivity contribution in [2.24, 2.45) is 4.99 Å². The van der Waals surface area contributed by atoms with Gasteiger partial charge in [-0.15, -0.1) is 0 Å². The van der Waals surface area contributed by atoms with Crippen LogP contribution >= 0.6 is 0 Å². The molecule has 1 heterocycles. The molecule has 90 valence electrons. The highest BCUT2D eigenvalue weighted by atomic mass is 32.2. The Labute approximate surface area is 93.6 Å². The molecule has 0 aromatic carbocycles. The van der Waals surface area contributed by atoms with Crippen LogP contribution in [0.3, 0.4) is 0 Å². The molecule has 0 radical (unpaired) electrons. The van der Waals surface area contributed by atoms with Gasteiger partial charge in [0.15, 0.2) is 5.25 Å². The molecule has 7 nitrogen and oxygen atoms in total. The van der Waals surface area contributed by atoms with Gasteiger partial charge in [-0.2, -0.15) is 0 Å². The molecule has 1 aliphatic rings. The van der Waals surface area contributed by atoms with E-state index in [2.05, 4.69) is 4.99 Å². The number of carbonyl (C=O) groups is 2. The number of carbonyl (C=O) groups excluding carboxylic acids is 2. The number of amides is 3. The van der Waals surface area contributed by atoms with Crippen molar-refractivity contribution < 1.29 is 18.0 Å². The van der Waals surface area contributed by atoms with Crippen LogP contribution in [0.2, 0.25) is 0 Å². The summed E-state index contributed by atoms with van der Waals surface area (Å²) in [5.41, 5.74) is 0. The Balaban J connectivity index is 3.05. The molecule has 1 atom stereocenters. The first-order chi connectivity index (χ1) is 7.43. The maximum Gasteiger partial charge on any atom is 0.347 e. The van der Waals surface area contributed by atoms with Crippen molar-refractivity contribution in [3.05, 3.63) is 0 Å². The van der Waals surface area contributed by atoms with Gasteiger partial charge in [0.1, 0.15) is 0 Å². The number of rotatable bonds is 4. The Hall–Kier alpha value is -1.28. The van der Waals surface area contributed by atoms with E-state index in [1.165, 1.54) is 0 Å². The van der Waals surface area contributed by atoms with Gasteiger partial charge in [0.25, 0.3) is 5.91 Å². The fraction of sp³-hybridized carbons (Fsp3) is 0.625. The zero-order chi connectivity index (χ0) is 12.3. The Morgan fingerprint density at radius 3 is 2.38 bits per heavy atom. The number of imide groups is 1. The predicted octanol–water partition coefficient (Wildman–Crippen LogP) is -0.653. The molecule has 0 aliphatic carbocycles. The lowest BCUT2D eigenvalue weighted by atomic mass is 10.4. The van der Waals surface area contributed by atoms with Gasteiger partial charge in [-0.05, 0) is 0 Å². The summed E-state index contributed by atoms with van der Waals surface area (Å²) < 4.78 is 25.0. The molecule has 3 amide bonds. The minimum Gasteiger partial charge on any atom is -0.275 e. The first-order valence-corrected chi connectivity index (χ1v) is 6.31. The van der Waals surface area contributed by atoms with Crippen LogP contribution in [0.5, 0.6) is 0 Å². The second-order valence-corrected chi connectivity index (χ2v) is 5.18. The van der Waals surface area contributed by atoms with E-state index in [1.54, 1.807) is 13.8 Å². The first kappa shape index (κ1) is 12.8. The van der Waals surface area contributed by atoms with Gasteiger partial charge in [-0.3, -0.25) is 10.1 Å². The van der Waals surface area contributed by atoms with Crippen LogP contribution in [0.15, 0.2) is 4.99 Å². The fourth-order valence-corrected chi connectivity index (χ4v) is 2.95. The largest absolute Gasteiger partial charge is 0.347 e. The van der Waals surface area contributed by atoms with Crippen molar-refractivity contribution in [3.63, 3.8) is 0 Å². The average molecular weight is 247 g/mol. The highest BCUT2D eigenvalue weighted by Crippen LogP contribution is 2.10. The average Bonchev–Trinajstić information content (AvgIpc) is 2.18. The van der Waals surface area contributed by atoms with Crippen molar-refractivity contribution in [3.8, 4) is 0 Å². The molecule has 0 spiro atoms. The minimum atomic E-state index is -3.78. The van der Waals surface area contributed by atoms with Gasteiger partial charge in [0, 0.05) is 19.3 Å². The van der Waals surface area contributed by atoms with Gasteiger partial charge in [-0.1, -0.05) is 13.8 Å². The zero-order valence-electron chi connectivity index (χ0n) is 9.00. The molecular formula is C8H13N3O4S. The maximum absolute atomic E-state index is 11.9. The van der Waals surface area contributed by atoms with Crippen molar-refractivity contribution in [1.29, 1.82) is 0 Å². The summed E-state index contributed by atoms with van der Waals surface area (Å²) in [5, 5.41) is 0.445. The summed E-state index contributed by atoms with van der Waals surface area (Å²) in [4.78, 5) is 25.4. The van der Waals surface area contributed by atoms with E-state index in [9.17, 15) is 18.0 Å². The fourth-order valence-electron chi connectivity index (χ4n) is 1.37. The summed E-state index contributed by atoms with van der Waals surface area (Å²) in [5.74, 6) is -0.855. The number of hydrogen-bond donors (Lipinski definition) is 1. The molecule has 1 rings (SSSR count). The number of urea groups is 1. The lowest BCUT2D eigenvalue weighted by Gasteiger charge is -2.23. The Bertz CT molecular complexity index is 425. The van der Waals surface area contributed by atoms with Gasteiger partial charge in [-0.25, -0.2) is 22.5 Å². The first-order valence-electron chi connectivity index (χ1n) is 4.81. The van der Waals surface area contributed by atoms with Gasteiger partial charge in [0.05, 0.1) is 0 Å². The van der Waals surface area contributed by atoms with Crippen molar-refractivity contribution in [2.45, 2.75) is 19.1 Å². The molecule has 1 N–H and O–H groups in total. The zero-order valence-corrected chi connectivity index (χ0v) is 9.82.